The molecule has 0 aromatic rings. The van der Waals surface area contributed by atoms with Crippen LogP contribution in [0.3, 0.4) is 0 Å². The van der Waals surface area contributed by atoms with Crippen molar-refractivity contribution >= 4 is 24.3 Å². The number of carbonyl (C=O) groups excluding carboxylic acids is 2. The number of carbonyl (C=O) groups is 4. The third-order valence-electron chi connectivity index (χ3n) is 3.03. The third-order valence-corrected chi connectivity index (χ3v) is 3.03. The molecule has 0 aromatic carbocycles. The molecule has 138 valence electrons. The second kappa shape index (κ2) is 13.2. The van der Waals surface area contributed by atoms with Gasteiger partial charge >= 0.3 is 12.1 Å². The molecule has 0 bridgehead atoms. The van der Waals surface area contributed by atoms with Crippen molar-refractivity contribution in [3.05, 3.63) is 0 Å². The fourth-order valence-corrected chi connectivity index (χ4v) is 1.91. The summed E-state index contributed by atoms with van der Waals surface area (Å²) in [5, 5.41) is 22.4. The lowest BCUT2D eigenvalue weighted by Gasteiger charge is -2.25. The van der Waals surface area contributed by atoms with Gasteiger partial charge in [-0.1, -0.05) is 0 Å². The minimum atomic E-state index is -1.14. The van der Waals surface area contributed by atoms with Crippen LogP contribution in [0.1, 0.15) is 0 Å². The van der Waals surface area contributed by atoms with Crippen molar-refractivity contribution in [1.29, 1.82) is 0 Å². The number of primary amides is 1. The van der Waals surface area contributed by atoms with Gasteiger partial charge in [-0.2, -0.15) is 0 Å². The van der Waals surface area contributed by atoms with Crippen LogP contribution >= 0.6 is 0 Å². The van der Waals surface area contributed by atoms with E-state index in [2.05, 4.69) is 10.6 Å². The van der Waals surface area contributed by atoms with Gasteiger partial charge in [0.15, 0.2) is 0 Å². The zero-order chi connectivity index (χ0) is 18.4. The zero-order valence-corrected chi connectivity index (χ0v) is 13.4. The number of amides is 2. The van der Waals surface area contributed by atoms with Crippen LogP contribution in [-0.2, 0) is 14.4 Å². The Balaban J connectivity index is 4.29. The fourth-order valence-electron chi connectivity index (χ4n) is 1.91. The Bertz CT molecular complexity index is 420. The van der Waals surface area contributed by atoms with Crippen LogP contribution in [0, 0.1) is 0 Å². The normalized spacial score (nSPS) is 10.8. The first kappa shape index (κ1) is 21.8. The predicted molar refractivity (Wildman–Crippen MR) is 84.7 cm³/mol. The summed E-state index contributed by atoms with van der Waals surface area (Å²) in [5.74, 6) is -1.48. The number of nitrogens with zero attached hydrogens (tertiary/aromatic N) is 2. The monoisotopic (exact) mass is 347 g/mol. The van der Waals surface area contributed by atoms with E-state index in [0.717, 1.165) is 0 Å². The molecule has 2 amide bonds. The van der Waals surface area contributed by atoms with Gasteiger partial charge < -0.3 is 31.4 Å². The van der Waals surface area contributed by atoms with Crippen LogP contribution in [0.4, 0.5) is 4.79 Å². The first-order valence-corrected chi connectivity index (χ1v) is 7.41. The highest BCUT2D eigenvalue weighted by atomic mass is 16.4. The van der Waals surface area contributed by atoms with Gasteiger partial charge in [-0.15, -0.1) is 0 Å². The maximum Gasteiger partial charge on any atom is 0.404 e. The SMILES string of the molecule is NC(=O)CNCCN(CCN(CC=O)CCNC(=O)O)CC(=O)O. The molecule has 0 aliphatic rings. The smallest absolute Gasteiger partial charge is 0.404 e. The molecule has 0 rings (SSSR count). The van der Waals surface area contributed by atoms with Gasteiger partial charge in [0.1, 0.15) is 6.29 Å². The zero-order valence-electron chi connectivity index (χ0n) is 13.4. The molecule has 11 nitrogen and oxygen atoms in total. The summed E-state index contributed by atoms with van der Waals surface area (Å²) >= 11 is 0. The molecule has 6 N–H and O–H groups in total. The van der Waals surface area contributed by atoms with E-state index in [9.17, 15) is 19.2 Å². The van der Waals surface area contributed by atoms with Crippen LogP contribution in [0.15, 0.2) is 0 Å². The van der Waals surface area contributed by atoms with Crippen LogP contribution in [0.2, 0.25) is 0 Å². The quantitative estimate of drug-likeness (QED) is 0.155. The molecule has 0 aliphatic carbocycles. The Morgan fingerprint density at radius 2 is 1.62 bits per heavy atom. The largest absolute Gasteiger partial charge is 0.480 e. The van der Waals surface area contributed by atoms with Crippen LogP contribution in [-0.4, -0.2) is 103 Å². The van der Waals surface area contributed by atoms with Crippen LogP contribution in [0.25, 0.3) is 0 Å². The minimum absolute atomic E-state index is 0.0129. The molecule has 0 atom stereocenters. The standard InChI is InChI=1S/C13H25N5O6/c14-11(20)9-15-1-3-18(10-12(21)22)6-5-17(7-8-19)4-2-16-13(23)24/h8,15-16H,1-7,9-10H2,(H2,14,20)(H,21,22)(H,23,24). The van der Waals surface area contributed by atoms with E-state index in [-0.39, 0.29) is 26.2 Å². The lowest BCUT2D eigenvalue weighted by atomic mass is 10.4. The number of hydrogen-bond acceptors (Lipinski definition) is 7. The van der Waals surface area contributed by atoms with Crippen molar-refractivity contribution in [2.45, 2.75) is 0 Å². The number of nitrogens with one attached hydrogen (secondary N) is 2. The molecule has 0 unspecified atom stereocenters. The van der Waals surface area contributed by atoms with Crippen molar-refractivity contribution < 1.29 is 29.4 Å². The van der Waals surface area contributed by atoms with E-state index in [1.807, 2.05) is 0 Å². The molecule has 24 heavy (non-hydrogen) atoms. The third kappa shape index (κ3) is 13.4. The van der Waals surface area contributed by atoms with Crippen molar-refractivity contribution in [3.63, 3.8) is 0 Å². The number of aldehydes is 1. The lowest BCUT2D eigenvalue weighted by molar-refractivity contribution is -0.138. The van der Waals surface area contributed by atoms with Gasteiger partial charge in [0.2, 0.25) is 5.91 Å². The summed E-state index contributed by atoms with van der Waals surface area (Å²) in [6.45, 7) is 2.04. The van der Waals surface area contributed by atoms with Crippen molar-refractivity contribution in [2.24, 2.45) is 5.73 Å². The predicted octanol–water partition coefficient (Wildman–Crippen LogP) is -2.78. The Morgan fingerprint density at radius 1 is 1.00 bits per heavy atom. The second-order valence-electron chi connectivity index (χ2n) is 5.01. The van der Waals surface area contributed by atoms with Crippen molar-refractivity contribution in [2.75, 3.05) is 58.9 Å². The Hall–Kier alpha value is -2.24. The van der Waals surface area contributed by atoms with E-state index in [1.54, 1.807) is 9.80 Å². The van der Waals surface area contributed by atoms with Gasteiger partial charge in [0.25, 0.3) is 0 Å². The highest BCUT2D eigenvalue weighted by Gasteiger charge is 2.12. The fraction of sp³-hybridized carbons (Fsp3) is 0.692. The van der Waals surface area contributed by atoms with Gasteiger partial charge in [-0.05, 0) is 0 Å². The van der Waals surface area contributed by atoms with Crippen LogP contribution < -0.4 is 16.4 Å². The number of carboxylic acids is 1. The highest BCUT2D eigenvalue weighted by Crippen LogP contribution is 1.92. The first-order valence-electron chi connectivity index (χ1n) is 7.41. The van der Waals surface area contributed by atoms with Crippen molar-refractivity contribution in [3.8, 4) is 0 Å². The topological polar surface area (TPSA) is 165 Å². The second-order valence-corrected chi connectivity index (χ2v) is 5.01. The molecule has 0 saturated carbocycles. The number of carboxylic acid groups (broad SMARTS) is 2. The Labute approximate surface area is 139 Å². The molecule has 0 aliphatic heterocycles. The summed E-state index contributed by atoms with van der Waals surface area (Å²) in [6, 6.07) is 0. The Kier molecular flexibility index (Phi) is 12.0. The van der Waals surface area contributed by atoms with E-state index < -0.39 is 18.0 Å². The summed E-state index contributed by atoms with van der Waals surface area (Å²) in [5.41, 5.74) is 4.99. The lowest BCUT2D eigenvalue weighted by Crippen LogP contribution is -2.43. The molecular weight excluding hydrogens is 322 g/mol. The molecule has 0 fully saturated rings. The molecule has 0 saturated heterocycles. The number of rotatable bonds is 15. The molecule has 0 spiro atoms. The average molecular weight is 347 g/mol. The molecule has 0 aromatic heterocycles. The number of aliphatic carboxylic acids is 1. The average Bonchev–Trinajstić information content (AvgIpc) is 2.47. The summed E-state index contributed by atoms with van der Waals surface area (Å²) < 4.78 is 0. The summed E-state index contributed by atoms with van der Waals surface area (Å²) in [4.78, 5) is 46.0. The summed E-state index contributed by atoms with van der Waals surface area (Å²) in [6.07, 6.45) is -0.439. The molecule has 11 heteroatoms. The van der Waals surface area contributed by atoms with E-state index in [4.69, 9.17) is 15.9 Å². The minimum Gasteiger partial charge on any atom is -0.480 e. The molecule has 0 heterocycles. The maximum absolute atomic E-state index is 10.9. The maximum atomic E-state index is 10.9. The van der Waals surface area contributed by atoms with Crippen molar-refractivity contribution in [1.82, 2.24) is 20.4 Å². The van der Waals surface area contributed by atoms with Gasteiger partial charge in [0, 0.05) is 39.3 Å². The number of nitrogens with two attached hydrogens (primary N) is 1. The van der Waals surface area contributed by atoms with Gasteiger partial charge in [-0.25, -0.2) is 4.79 Å². The first-order chi connectivity index (χ1) is 11.3. The van der Waals surface area contributed by atoms with E-state index in [0.29, 0.717) is 39.0 Å². The van der Waals surface area contributed by atoms with Gasteiger partial charge in [-0.3, -0.25) is 19.4 Å². The van der Waals surface area contributed by atoms with Crippen LogP contribution in [0.5, 0.6) is 0 Å². The highest BCUT2D eigenvalue weighted by molar-refractivity contribution is 5.75. The van der Waals surface area contributed by atoms with Gasteiger partial charge in [0.05, 0.1) is 19.6 Å². The summed E-state index contributed by atoms with van der Waals surface area (Å²) in [7, 11) is 0. The van der Waals surface area contributed by atoms with E-state index in [1.165, 1.54) is 0 Å². The Morgan fingerprint density at radius 3 is 2.17 bits per heavy atom. The number of hydrogen-bond donors (Lipinski definition) is 5. The molecular formula is C13H25N5O6. The molecule has 0 radical (unpaired) electrons. The van der Waals surface area contributed by atoms with E-state index >= 15 is 0 Å².